The maximum absolute atomic E-state index is 13.7. The number of carbonyl (C=O) groups excluding carboxylic acids is 1. The number of benzene rings is 3. The Morgan fingerprint density at radius 3 is 2.57 bits per heavy atom. The summed E-state index contributed by atoms with van der Waals surface area (Å²) in [5, 5.41) is 9.52. The lowest BCUT2D eigenvalue weighted by Gasteiger charge is -2.37. The minimum absolute atomic E-state index is 0.0101. The normalized spacial score (nSPS) is 14.8. The van der Waals surface area contributed by atoms with Crippen LogP contribution in [0.25, 0.3) is 11.4 Å². The van der Waals surface area contributed by atoms with Gasteiger partial charge in [0.1, 0.15) is 18.1 Å². The lowest BCUT2D eigenvalue weighted by molar-refractivity contribution is -0.117. The second-order valence-electron chi connectivity index (χ2n) is 8.01. The molecule has 5 rings (SSSR count). The number of ether oxygens (including phenoxy) is 2. The van der Waals surface area contributed by atoms with Crippen LogP contribution in [0.1, 0.15) is 18.5 Å². The maximum Gasteiger partial charge on any atom is 0.238 e. The Labute approximate surface area is 208 Å². The molecule has 7 nitrogen and oxygen atoms in total. The van der Waals surface area contributed by atoms with Crippen LogP contribution >= 0.6 is 11.8 Å². The van der Waals surface area contributed by atoms with Crippen molar-refractivity contribution in [2.75, 3.05) is 24.4 Å². The molecular weight excluding hydrogens is 460 g/mol. The first-order valence-corrected chi connectivity index (χ1v) is 12.5. The van der Waals surface area contributed by atoms with E-state index in [-0.39, 0.29) is 17.7 Å². The topological polar surface area (TPSA) is 69.5 Å². The maximum atomic E-state index is 13.7. The molecule has 0 saturated carbocycles. The minimum Gasteiger partial charge on any atom is -0.496 e. The predicted octanol–water partition coefficient (Wildman–Crippen LogP) is 5.23. The van der Waals surface area contributed by atoms with Gasteiger partial charge in [0.15, 0.2) is 11.0 Å². The van der Waals surface area contributed by atoms with Gasteiger partial charge in [-0.3, -0.25) is 9.69 Å². The van der Waals surface area contributed by atoms with Gasteiger partial charge < -0.3 is 14.0 Å². The van der Waals surface area contributed by atoms with E-state index in [1.807, 2.05) is 95.3 Å². The molecule has 4 aromatic rings. The van der Waals surface area contributed by atoms with E-state index in [2.05, 4.69) is 10.2 Å². The summed E-state index contributed by atoms with van der Waals surface area (Å²) in [4.78, 5) is 15.5. The van der Waals surface area contributed by atoms with Gasteiger partial charge in [0.05, 0.1) is 30.2 Å². The largest absolute Gasteiger partial charge is 0.496 e. The van der Waals surface area contributed by atoms with Gasteiger partial charge in [0, 0.05) is 6.54 Å². The van der Waals surface area contributed by atoms with Crippen molar-refractivity contribution in [3.8, 4) is 22.9 Å². The van der Waals surface area contributed by atoms with Crippen LogP contribution in [0.4, 0.5) is 5.69 Å². The van der Waals surface area contributed by atoms with E-state index in [1.54, 1.807) is 7.11 Å². The standard InChI is InChI=1S/C27H26N4O3S/c1-3-30-26(20-13-7-9-15-23(20)33-2)28-29-27(30)35-18-25(32)31-21-14-8-10-16-24(21)34-17-22(31)19-11-5-4-6-12-19/h4-16,22H,3,17-18H2,1-2H3/t22-/m0/s1. The number of amides is 1. The second-order valence-corrected chi connectivity index (χ2v) is 8.95. The van der Waals surface area contributed by atoms with E-state index in [9.17, 15) is 4.79 Å². The van der Waals surface area contributed by atoms with Gasteiger partial charge in [-0.15, -0.1) is 10.2 Å². The number of carbonyl (C=O) groups is 1. The summed E-state index contributed by atoms with van der Waals surface area (Å²) >= 11 is 1.39. The molecule has 0 unspecified atom stereocenters. The Bertz CT molecular complexity index is 1330. The second kappa shape index (κ2) is 10.2. The molecule has 2 heterocycles. The van der Waals surface area contributed by atoms with Crippen LogP contribution in [-0.4, -0.2) is 40.1 Å². The van der Waals surface area contributed by atoms with Crippen molar-refractivity contribution in [1.82, 2.24) is 14.8 Å². The molecule has 3 aromatic carbocycles. The Hall–Kier alpha value is -3.78. The quantitative estimate of drug-likeness (QED) is 0.333. The third kappa shape index (κ3) is 4.49. The number of thioether (sulfide) groups is 1. The highest BCUT2D eigenvalue weighted by molar-refractivity contribution is 7.99. The van der Waals surface area contributed by atoms with E-state index in [4.69, 9.17) is 9.47 Å². The molecule has 1 amide bonds. The van der Waals surface area contributed by atoms with E-state index in [0.29, 0.717) is 24.1 Å². The Morgan fingerprint density at radius 2 is 1.77 bits per heavy atom. The predicted molar refractivity (Wildman–Crippen MR) is 137 cm³/mol. The molecule has 35 heavy (non-hydrogen) atoms. The zero-order valence-corrected chi connectivity index (χ0v) is 20.4. The van der Waals surface area contributed by atoms with Gasteiger partial charge in [-0.05, 0) is 36.8 Å². The molecule has 1 atom stereocenters. The van der Waals surface area contributed by atoms with Crippen molar-refractivity contribution >= 4 is 23.4 Å². The van der Waals surface area contributed by atoms with Crippen LogP contribution in [0.2, 0.25) is 0 Å². The monoisotopic (exact) mass is 486 g/mol. The SMILES string of the molecule is CCn1c(SCC(=O)N2c3ccccc3OC[C@H]2c2ccccc2)nnc1-c1ccccc1OC. The zero-order valence-electron chi connectivity index (χ0n) is 19.6. The van der Waals surface area contributed by atoms with Crippen LogP contribution in [0.15, 0.2) is 84.0 Å². The van der Waals surface area contributed by atoms with Crippen LogP contribution in [0.3, 0.4) is 0 Å². The first kappa shape index (κ1) is 23.0. The number of methoxy groups -OCH3 is 1. The molecule has 1 aliphatic rings. The third-order valence-corrected chi connectivity index (χ3v) is 6.94. The Balaban J connectivity index is 1.42. The summed E-state index contributed by atoms with van der Waals surface area (Å²) in [5.41, 5.74) is 2.69. The van der Waals surface area contributed by atoms with Crippen LogP contribution in [0, 0.1) is 0 Å². The average molecular weight is 487 g/mol. The Kier molecular flexibility index (Phi) is 6.72. The summed E-state index contributed by atoms with van der Waals surface area (Å²) in [6, 6.07) is 25.2. The average Bonchev–Trinajstić information content (AvgIpc) is 3.34. The van der Waals surface area contributed by atoms with E-state index < -0.39 is 0 Å². The van der Waals surface area contributed by atoms with Gasteiger partial charge >= 0.3 is 0 Å². The molecule has 0 fully saturated rings. The lowest BCUT2D eigenvalue weighted by Crippen LogP contribution is -2.42. The van der Waals surface area contributed by atoms with Gasteiger partial charge in [-0.25, -0.2) is 0 Å². The van der Waals surface area contributed by atoms with Crippen LogP contribution < -0.4 is 14.4 Å². The highest BCUT2D eigenvalue weighted by atomic mass is 32.2. The first-order valence-electron chi connectivity index (χ1n) is 11.5. The highest BCUT2D eigenvalue weighted by Gasteiger charge is 2.33. The van der Waals surface area contributed by atoms with Crippen molar-refractivity contribution in [2.24, 2.45) is 0 Å². The van der Waals surface area contributed by atoms with Gasteiger partial charge in [-0.1, -0.05) is 66.4 Å². The smallest absolute Gasteiger partial charge is 0.238 e. The van der Waals surface area contributed by atoms with Crippen molar-refractivity contribution in [2.45, 2.75) is 24.7 Å². The van der Waals surface area contributed by atoms with Gasteiger partial charge in [-0.2, -0.15) is 0 Å². The molecule has 0 aliphatic carbocycles. The number of anilines is 1. The summed E-state index contributed by atoms with van der Waals surface area (Å²) in [5.74, 6) is 2.38. The number of nitrogens with zero attached hydrogens (tertiary/aromatic N) is 4. The highest BCUT2D eigenvalue weighted by Crippen LogP contribution is 2.40. The van der Waals surface area contributed by atoms with E-state index in [1.165, 1.54) is 11.8 Å². The molecule has 0 saturated heterocycles. The summed E-state index contributed by atoms with van der Waals surface area (Å²) in [7, 11) is 1.64. The number of rotatable bonds is 7. The van der Waals surface area contributed by atoms with Crippen molar-refractivity contribution in [1.29, 1.82) is 0 Å². The molecule has 0 radical (unpaired) electrons. The Morgan fingerprint density at radius 1 is 1.03 bits per heavy atom. The lowest BCUT2D eigenvalue weighted by atomic mass is 10.0. The molecule has 1 aromatic heterocycles. The van der Waals surface area contributed by atoms with Crippen molar-refractivity contribution in [3.63, 3.8) is 0 Å². The number of hydrogen-bond acceptors (Lipinski definition) is 6. The van der Waals surface area contributed by atoms with Crippen LogP contribution in [0.5, 0.6) is 11.5 Å². The number of para-hydroxylation sites is 3. The number of hydrogen-bond donors (Lipinski definition) is 0. The molecule has 178 valence electrons. The first-order chi connectivity index (χ1) is 17.2. The van der Waals surface area contributed by atoms with Crippen molar-refractivity contribution < 1.29 is 14.3 Å². The third-order valence-electron chi connectivity index (χ3n) is 5.99. The fraction of sp³-hybridized carbons (Fsp3) is 0.222. The minimum atomic E-state index is -0.201. The molecule has 0 N–H and O–H groups in total. The number of fused-ring (bicyclic) bond motifs is 1. The van der Waals surface area contributed by atoms with E-state index in [0.717, 1.165) is 28.4 Å². The summed E-state index contributed by atoms with van der Waals surface area (Å²) < 4.78 is 13.5. The number of aromatic nitrogens is 3. The summed E-state index contributed by atoms with van der Waals surface area (Å²) in [6.45, 7) is 3.11. The fourth-order valence-electron chi connectivity index (χ4n) is 4.32. The summed E-state index contributed by atoms with van der Waals surface area (Å²) in [6.07, 6.45) is 0. The molecule has 8 heteroatoms. The van der Waals surface area contributed by atoms with Crippen LogP contribution in [-0.2, 0) is 11.3 Å². The molecule has 1 aliphatic heterocycles. The molecular formula is C27H26N4O3S. The zero-order chi connectivity index (χ0) is 24.2. The van der Waals surface area contributed by atoms with Gasteiger partial charge in [0.2, 0.25) is 5.91 Å². The van der Waals surface area contributed by atoms with Gasteiger partial charge in [0.25, 0.3) is 0 Å². The van der Waals surface area contributed by atoms with E-state index >= 15 is 0 Å². The molecule has 0 bridgehead atoms. The fourth-order valence-corrected chi connectivity index (χ4v) is 5.18. The van der Waals surface area contributed by atoms with Crippen molar-refractivity contribution in [3.05, 3.63) is 84.4 Å². The molecule has 0 spiro atoms.